The first kappa shape index (κ1) is 14.7. The highest BCUT2D eigenvalue weighted by Crippen LogP contribution is 2.27. The first-order valence-electron chi connectivity index (χ1n) is 5.94. The van der Waals surface area contributed by atoms with Crippen molar-refractivity contribution >= 4 is 27.3 Å². The molecule has 2 rings (SSSR count). The third kappa shape index (κ3) is 3.86. The summed E-state index contributed by atoms with van der Waals surface area (Å²) in [5.41, 5.74) is 2.55. The Hall–Kier alpha value is -0.750. The Balaban J connectivity index is 1.92. The lowest BCUT2D eigenvalue weighted by Gasteiger charge is -2.06. The molecule has 1 aromatic carbocycles. The smallest absolute Gasteiger partial charge is 0.128 e. The molecule has 0 radical (unpaired) electrons. The van der Waals surface area contributed by atoms with E-state index in [2.05, 4.69) is 34.2 Å². The Morgan fingerprint density at radius 3 is 2.74 bits per heavy atom. The maximum absolute atomic E-state index is 13.2. The molecule has 0 aliphatic rings. The Morgan fingerprint density at radius 2 is 2.11 bits per heavy atom. The molecule has 0 unspecified atom stereocenters. The largest absolute Gasteiger partial charge is 0.392 e. The summed E-state index contributed by atoms with van der Waals surface area (Å²) < 4.78 is 14.4. The highest BCUT2D eigenvalue weighted by atomic mass is 79.9. The summed E-state index contributed by atoms with van der Waals surface area (Å²) in [6.07, 6.45) is 0. The summed E-state index contributed by atoms with van der Waals surface area (Å²) in [5.74, 6) is -0.357. The van der Waals surface area contributed by atoms with E-state index in [1.165, 1.54) is 16.5 Å². The molecule has 102 valence electrons. The standard InChI is InChI=1S/C14H15BrFNOS/c1-9-4-12(19-14(9)15)7-17-6-10-2-3-13(16)11(5-10)8-18/h2-5,17-18H,6-8H2,1H3. The Bertz CT molecular complexity index is 551. The molecule has 2 N–H and O–H groups in total. The number of aryl methyl sites for hydroxylation is 1. The number of rotatable bonds is 5. The highest BCUT2D eigenvalue weighted by Gasteiger charge is 2.04. The normalized spacial score (nSPS) is 10.9. The van der Waals surface area contributed by atoms with Crippen molar-refractivity contribution in [2.45, 2.75) is 26.6 Å². The van der Waals surface area contributed by atoms with Gasteiger partial charge in [-0.15, -0.1) is 11.3 Å². The van der Waals surface area contributed by atoms with Gasteiger partial charge in [0.15, 0.2) is 0 Å². The highest BCUT2D eigenvalue weighted by molar-refractivity contribution is 9.11. The first-order valence-corrected chi connectivity index (χ1v) is 7.55. The number of benzene rings is 1. The topological polar surface area (TPSA) is 32.3 Å². The van der Waals surface area contributed by atoms with E-state index in [0.29, 0.717) is 12.1 Å². The van der Waals surface area contributed by atoms with Crippen molar-refractivity contribution in [2.75, 3.05) is 0 Å². The van der Waals surface area contributed by atoms with Gasteiger partial charge in [-0.3, -0.25) is 0 Å². The molecule has 0 aliphatic heterocycles. The Labute approximate surface area is 124 Å². The third-order valence-electron chi connectivity index (χ3n) is 2.82. The summed E-state index contributed by atoms with van der Waals surface area (Å²) >= 11 is 5.21. The molecule has 2 aromatic rings. The monoisotopic (exact) mass is 343 g/mol. The lowest BCUT2D eigenvalue weighted by molar-refractivity contribution is 0.275. The molecule has 2 nitrogen and oxygen atoms in total. The first-order chi connectivity index (χ1) is 9.10. The maximum Gasteiger partial charge on any atom is 0.128 e. The van der Waals surface area contributed by atoms with Crippen molar-refractivity contribution in [1.29, 1.82) is 0 Å². The van der Waals surface area contributed by atoms with Crippen molar-refractivity contribution in [3.05, 3.63) is 55.4 Å². The minimum Gasteiger partial charge on any atom is -0.392 e. The number of thiophene rings is 1. The predicted molar refractivity (Wildman–Crippen MR) is 79.6 cm³/mol. The summed E-state index contributed by atoms with van der Waals surface area (Å²) in [6.45, 7) is 3.24. The summed E-state index contributed by atoms with van der Waals surface area (Å²) in [5, 5.41) is 12.3. The van der Waals surface area contributed by atoms with Gasteiger partial charge in [0.25, 0.3) is 0 Å². The third-order valence-corrected chi connectivity index (χ3v) is 4.95. The average Bonchev–Trinajstić information content (AvgIpc) is 2.71. The molecule has 0 aliphatic carbocycles. The predicted octanol–water partition coefficient (Wildman–Crippen LogP) is 3.74. The van der Waals surface area contributed by atoms with Crippen LogP contribution in [0.5, 0.6) is 0 Å². The van der Waals surface area contributed by atoms with Crippen LogP contribution in [0.15, 0.2) is 28.1 Å². The van der Waals surface area contributed by atoms with E-state index in [0.717, 1.165) is 15.9 Å². The summed E-state index contributed by atoms with van der Waals surface area (Å²) in [4.78, 5) is 1.26. The summed E-state index contributed by atoms with van der Waals surface area (Å²) in [6, 6.07) is 6.97. The number of aliphatic hydroxyl groups excluding tert-OH is 1. The number of hydrogen-bond acceptors (Lipinski definition) is 3. The molecule has 0 spiro atoms. The Kier molecular flexibility index (Phi) is 5.10. The minimum atomic E-state index is -0.357. The second kappa shape index (κ2) is 6.61. The number of aliphatic hydroxyl groups is 1. The second-order valence-electron chi connectivity index (χ2n) is 4.36. The average molecular weight is 344 g/mol. The van der Waals surface area contributed by atoms with E-state index in [-0.39, 0.29) is 12.4 Å². The molecule has 0 fully saturated rings. The molecule has 0 amide bonds. The molecular weight excluding hydrogens is 329 g/mol. The molecule has 0 atom stereocenters. The van der Waals surface area contributed by atoms with Crippen LogP contribution >= 0.6 is 27.3 Å². The second-order valence-corrected chi connectivity index (χ2v) is 6.81. The van der Waals surface area contributed by atoms with E-state index in [4.69, 9.17) is 5.11 Å². The fourth-order valence-corrected chi connectivity index (χ4v) is 3.40. The molecule has 0 saturated carbocycles. The van der Waals surface area contributed by atoms with E-state index in [9.17, 15) is 4.39 Å². The minimum absolute atomic E-state index is 0.267. The van der Waals surface area contributed by atoms with Crippen LogP contribution < -0.4 is 5.32 Å². The molecule has 19 heavy (non-hydrogen) atoms. The molecular formula is C14H15BrFNOS. The number of hydrogen-bond donors (Lipinski definition) is 2. The molecule has 0 bridgehead atoms. The maximum atomic E-state index is 13.2. The number of nitrogens with one attached hydrogen (secondary N) is 1. The van der Waals surface area contributed by atoms with E-state index in [1.54, 1.807) is 23.5 Å². The molecule has 0 saturated heterocycles. The molecule has 1 heterocycles. The van der Waals surface area contributed by atoms with Gasteiger partial charge in [0.05, 0.1) is 10.4 Å². The van der Waals surface area contributed by atoms with Gasteiger partial charge in [0, 0.05) is 23.5 Å². The van der Waals surface area contributed by atoms with Crippen molar-refractivity contribution in [3.63, 3.8) is 0 Å². The van der Waals surface area contributed by atoms with Gasteiger partial charge in [0.2, 0.25) is 0 Å². The fraction of sp³-hybridized carbons (Fsp3) is 0.286. The van der Waals surface area contributed by atoms with Crippen molar-refractivity contribution in [3.8, 4) is 0 Å². The van der Waals surface area contributed by atoms with E-state index < -0.39 is 0 Å². The van der Waals surface area contributed by atoms with Crippen LogP contribution in [0.25, 0.3) is 0 Å². The van der Waals surface area contributed by atoms with Gasteiger partial charge in [-0.1, -0.05) is 6.07 Å². The number of halogens is 2. The van der Waals surface area contributed by atoms with Gasteiger partial charge >= 0.3 is 0 Å². The zero-order valence-electron chi connectivity index (χ0n) is 10.5. The Morgan fingerprint density at radius 1 is 1.32 bits per heavy atom. The zero-order chi connectivity index (χ0) is 13.8. The van der Waals surface area contributed by atoms with Crippen molar-refractivity contribution in [2.24, 2.45) is 0 Å². The molecule has 1 aromatic heterocycles. The quantitative estimate of drug-likeness (QED) is 0.866. The lowest BCUT2D eigenvalue weighted by atomic mass is 10.1. The van der Waals surface area contributed by atoms with Crippen LogP contribution in [0.3, 0.4) is 0 Å². The van der Waals surface area contributed by atoms with Crippen LogP contribution in [0.2, 0.25) is 0 Å². The fourth-order valence-electron chi connectivity index (χ4n) is 1.80. The lowest BCUT2D eigenvalue weighted by Crippen LogP contribution is -2.12. The van der Waals surface area contributed by atoms with E-state index in [1.807, 2.05) is 0 Å². The van der Waals surface area contributed by atoms with Gasteiger partial charge in [-0.25, -0.2) is 4.39 Å². The molecule has 5 heteroatoms. The van der Waals surface area contributed by atoms with Gasteiger partial charge in [-0.2, -0.15) is 0 Å². The van der Waals surface area contributed by atoms with Crippen LogP contribution in [0.1, 0.15) is 21.6 Å². The van der Waals surface area contributed by atoms with Crippen LogP contribution in [-0.4, -0.2) is 5.11 Å². The van der Waals surface area contributed by atoms with Gasteiger partial charge < -0.3 is 10.4 Å². The van der Waals surface area contributed by atoms with Gasteiger partial charge in [-0.05, 0) is 52.2 Å². The van der Waals surface area contributed by atoms with E-state index >= 15 is 0 Å². The van der Waals surface area contributed by atoms with Crippen molar-refractivity contribution in [1.82, 2.24) is 5.32 Å². The SMILES string of the molecule is Cc1cc(CNCc2ccc(F)c(CO)c2)sc1Br. The van der Waals surface area contributed by atoms with Crippen LogP contribution in [0, 0.1) is 12.7 Å². The zero-order valence-corrected chi connectivity index (χ0v) is 12.9. The van der Waals surface area contributed by atoms with Crippen LogP contribution in [0.4, 0.5) is 4.39 Å². The van der Waals surface area contributed by atoms with Gasteiger partial charge in [0.1, 0.15) is 5.82 Å². The van der Waals surface area contributed by atoms with Crippen molar-refractivity contribution < 1.29 is 9.50 Å². The van der Waals surface area contributed by atoms with Crippen LogP contribution in [-0.2, 0) is 19.7 Å². The summed E-state index contributed by atoms with van der Waals surface area (Å²) in [7, 11) is 0.